The van der Waals surface area contributed by atoms with Gasteiger partial charge >= 0.3 is 0 Å². The molecule has 0 heterocycles. The van der Waals surface area contributed by atoms with E-state index in [4.69, 9.17) is 16.9 Å². The van der Waals surface area contributed by atoms with E-state index in [1.54, 1.807) is 13.0 Å². The van der Waals surface area contributed by atoms with Crippen LogP contribution >= 0.6 is 23.4 Å². The number of thioether (sulfide) groups is 1. The van der Waals surface area contributed by atoms with Gasteiger partial charge in [0.2, 0.25) is 5.91 Å². The highest BCUT2D eigenvalue weighted by atomic mass is 35.5. The van der Waals surface area contributed by atoms with Gasteiger partial charge in [-0.25, -0.2) is 8.78 Å². The lowest BCUT2D eigenvalue weighted by molar-refractivity contribution is -0.115. The van der Waals surface area contributed by atoms with Crippen LogP contribution in [-0.4, -0.2) is 11.2 Å². The van der Waals surface area contributed by atoms with Crippen molar-refractivity contribution in [2.45, 2.75) is 17.1 Å². The van der Waals surface area contributed by atoms with Gasteiger partial charge in [-0.2, -0.15) is 5.26 Å². The van der Waals surface area contributed by atoms with Crippen molar-refractivity contribution in [2.24, 2.45) is 0 Å². The van der Waals surface area contributed by atoms with Crippen LogP contribution in [0.15, 0.2) is 41.3 Å². The number of hydrogen-bond acceptors (Lipinski definition) is 3. The van der Waals surface area contributed by atoms with Crippen LogP contribution in [0.1, 0.15) is 12.5 Å². The maximum atomic E-state index is 13.6. The van der Waals surface area contributed by atoms with E-state index in [0.717, 1.165) is 23.9 Å². The Morgan fingerprint density at radius 3 is 2.65 bits per heavy atom. The number of nitrogens with zero attached hydrogens (tertiary/aromatic N) is 1. The van der Waals surface area contributed by atoms with Crippen molar-refractivity contribution in [3.8, 4) is 6.07 Å². The van der Waals surface area contributed by atoms with Crippen LogP contribution in [0.25, 0.3) is 0 Å². The van der Waals surface area contributed by atoms with Crippen LogP contribution in [0.3, 0.4) is 0 Å². The number of carbonyl (C=O) groups is 1. The van der Waals surface area contributed by atoms with Crippen molar-refractivity contribution in [1.82, 2.24) is 0 Å². The number of nitrogens with one attached hydrogen (secondary N) is 1. The minimum Gasteiger partial charge on any atom is -0.325 e. The second-order valence-electron chi connectivity index (χ2n) is 4.63. The molecule has 1 unspecified atom stereocenters. The third-order valence-electron chi connectivity index (χ3n) is 2.92. The zero-order chi connectivity index (χ0) is 17.0. The first-order valence-electron chi connectivity index (χ1n) is 6.53. The molecule has 2 rings (SSSR count). The van der Waals surface area contributed by atoms with E-state index in [0.29, 0.717) is 11.3 Å². The van der Waals surface area contributed by atoms with Crippen LogP contribution in [0.2, 0.25) is 5.02 Å². The van der Waals surface area contributed by atoms with E-state index in [1.807, 2.05) is 6.07 Å². The molecule has 2 aromatic rings. The first kappa shape index (κ1) is 17.3. The molecular weight excluding hydrogens is 342 g/mol. The fourth-order valence-corrected chi connectivity index (χ4v) is 2.83. The SMILES string of the molecule is CC(Sc1ccc(F)cc1F)C(=O)Nc1ccc(C#N)c(Cl)c1. The molecule has 23 heavy (non-hydrogen) atoms. The summed E-state index contributed by atoms with van der Waals surface area (Å²) in [4.78, 5) is 12.3. The van der Waals surface area contributed by atoms with Crippen LogP contribution in [0.4, 0.5) is 14.5 Å². The molecule has 0 radical (unpaired) electrons. The minimum atomic E-state index is -0.712. The maximum absolute atomic E-state index is 13.6. The molecule has 0 fully saturated rings. The van der Waals surface area contributed by atoms with Crippen molar-refractivity contribution in [3.63, 3.8) is 0 Å². The van der Waals surface area contributed by atoms with Crippen molar-refractivity contribution in [3.05, 3.63) is 58.6 Å². The van der Waals surface area contributed by atoms with E-state index in [-0.39, 0.29) is 15.8 Å². The van der Waals surface area contributed by atoms with Crippen molar-refractivity contribution in [1.29, 1.82) is 5.26 Å². The number of halogens is 3. The molecule has 1 amide bonds. The third kappa shape index (κ3) is 4.44. The topological polar surface area (TPSA) is 52.9 Å². The fraction of sp³-hybridized carbons (Fsp3) is 0.125. The number of nitriles is 1. The Kier molecular flexibility index (Phi) is 5.59. The number of hydrogen-bond donors (Lipinski definition) is 1. The third-order valence-corrected chi connectivity index (χ3v) is 4.39. The van der Waals surface area contributed by atoms with Gasteiger partial charge in [0.25, 0.3) is 0 Å². The molecule has 0 saturated carbocycles. The van der Waals surface area contributed by atoms with Gasteiger partial charge in [0, 0.05) is 16.6 Å². The Morgan fingerprint density at radius 2 is 2.04 bits per heavy atom. The average molecular weight is 353 g/mol. The zero-order valence-corrected chi connectivity index (χ0v) is 13.5. The van der Waals surface area contributed by atoms with Crippen LogP contribution in [-0.2, 0) is 4.79 Å². The molecule has 1 N–H and O–H groups in total. The number of anilines is 1. The summed E-state index contributed by atoms with van der Waals surface area (Å²) in [6.07, 6.45) is 0. The number of amides is 1. The molecule has 0 aliphatic heterocycles. The molecule has 0 bridgehead atoms. The normalized spacial score (nSPS) is 11.6. The molecule has 0 aliphatic carbocycles. The van der Waals surface area contributed by atoms with Crippen molar-refractivity contribution < 1.29 is 13.6 Å². The average Bonchev–Trinajstić information content (AvgIpc) is 2.50. The standard InChI is InChI=1S/C16H11ClF2N2OS/c1-9(23-15-5-3-11(18)6-14(15)19)16(22)21-12-4-2-10(8-20)13(17)7-12/h2-7,9H,1H3,(H,21,22). The van der Waals surface area contributed by atoms with Gasteiger partial charge in [-0.1, -0.05) is 11.6 Å². The predicted molar refractivity (Wildman–Crippen MR) is 86.5 cm³/mol. The molecule has 1 atom stereocenters. The number of benzene rings is 2. The molecule has 0 aromatic heterocycles. The highest BCUT2D eigenvalue weighted by molar-refractivity contribution is 8.00. The Labute approximate surface area is 141 Å². The van der Waals surface area contributed by atoms with Crippen LogP contribution < -0.4 is 5.32 Å². The van der Waals surface area contributed by atoms with Gasteiger partial charge < -0.3 is 5.32 Å². The van der Waals surface area contributed by atoms with Crippen molar-refractivity contribution >= 4 is 35.0 Å². The van der Waals surface area contributed by atoms with Gasteiger partial charge in [0.1, 0.15) is 17.7 Å². The fourth-order valence-electron chi connectivity index (χ4n) is 1.74. The first-order chi connectivity index (χ1) is 10.9. The summed E-state index contributed by atoms with van der Waals surface area (Å²) < 4.78 is 26.5. The van der Waals surface area contributed by atoms with E-state index in [1.165, 1.54) is 18.2 Å². The second kappa shape index (κ2) is 7.44. The smallest absolute Gasteiger partial charge is 0.237 e. The lowest BCUT2D eigenvalue weighted by Crippen LogP contribution is -2.22. The van der Waals surface area contributed by atoms with E-state index in [9.17, 15) is 13.6 Å². The second-order valence-corrected chi connectivity index (χ2v) is 6.42. The summed E-state index contributed by atoms with van der Waals surface area (Å²) in [5.41, 5.74) is 0.742. The Bertz CT molecular complexity index is 792. The monoisotopic (exact) mass is 352 g/mol. The van der Waals surface area contributed by atoms with Crippen LogP contribution in [0, 0.1) is 23.0 Å². The summed E-state index contributed by atoms with van der Waals surface area (Å²) in [6.45, 7) is 1.61. The summed E-state index contributed by atoms with van der Waals surface area (Å²) in [6, 6.07) is 9.63. The molecule has 0 spiro atoms. The lowest BCUT2D eigenvalue weighted by Gasteiger charge is -2.13. The predicted octanol–water partition coefficient (Wildman–Crippen LogP) is 4.61. The zero-order valence-electron chi connectivity index (χ0n) is 11.9. The molecule has 3 nitrogen and oxygen atoms in total. The first-order valence-corrected chi connectivity index (χ1v) is 7.78. The molecule has 0 saturated heterocycles. The maximum Gasteiger partial charge on any atom is 0.237 e. The Hall–Kier alpha value is -2.10. The van der Waals surface area contributed by atoms with E-state index < -0.39 is 16.9 Å². The van der Waals surface area contributed by atoms with Gasteiger partial charge in [0.15, 0.2) is 0 Å². The van der Waals surface area contributed by atoms with Crippen LogP contribution in [0.5, 0.6) is 0 Å². The Balaban J connectivity index is 2.05. The largest absolute Gasteiger partial charge is 0.325 e. The lowest BCUT2D eigenvalue weighted by atomic mass is 10.2. The summed E-state index contributed by atoms with van der Waals surface area (Å²) in [5.74, 6) is -1.74. The van der Waals surface area contributed by atoms with Gasteiger partial charge in [-0.3, -0.25) is 4.79 Å². The highest BCUT2D eigenvalue weighted by Gasteiger charge is 2.17. The molecular formula is C16H11ClF2N2OS. The number of carbonyl (C=O) groups excluding carboxylic acids is 1. The van der Waals surface area contributed by atoms with E-state index in [2.05, 4.69) is 5.32 Å². The molecule has 118 valence electrons. The van der Waals surface area contributed by atoms with Gasteiger partial charge in [-0.15, -0.1) is 11.8 Å². The molecule has 0 aliphatic rings. The Morgan fingerprint density at radius 1 is 1.30 bits per heavy atom. The van der Waals surface area contributed by atoms with Gasteiger partial charge in [-0.05, 0) is 37.3 Å². The van der Waals surface area contributed by atoms with Gasteiger partial charge in [0.05, 0.1) is 15.8 Å². The number of rotatable bonds is 4. The van der Waals surface area contributed by atoms with E-state index >= 15 is 0 Å². The summed E-state index contributed by atoms with van der Waals surface area (Å²) in [7, 11) is 0. The minimum absolute atomic E-state index is 0.187. The molecule has 2 aromatic carbocycles. The van der Waals surface area contributed by atoms with Crippen molar-refractivity contribution in [2.75, 3.05) is 5.32 Å². The summed E-state index contributed by atoms with van der Waals surface area (Å²) >= 11 is 6.87. The summed E-state index contributed by atoms with van der Waals surface area (Å²) in [5, 5.41) is 11.1. The quantitative estimate of drug-likeness (QED) is 0.817. The molecule has 7 heteroatoms. The highest BCUT2D eigenvalue weighted by Crippen LogP contribution is 2.28.